The van der Waals surface area contributed by atoms with Crippen LogP contribution in [-0.2, 0) is 9.53 Å². The average Bonchev–Trinajstić information content (AvgIpc) is 3.07. The number of rotatable bonds is 5. The third-order valence-corrected chi connectivity index (χ3v) is 5.55. The van der Waals surface area contributed by atoms with Crippen LogP contribution in [0.2, 0.25) is 0 Å². The molecule has 0 radical (unpaired) electrons. The summed E-state index contributed by atoms with van der Waals surface area (Å²) in [4.78, 5) is 38.0. The Morgan fingerprint density at radius 3 is 2.29 bits per heavy atom. The fourth-order valence-corrected chi connectivity index (χ4v) is 3.98. The first-order valence-electron chi connectivity index (χ1n) is 10.7. The molecule has 0 saturated heterocycles. The zero-order chi connectivity index (χ0) is 21.6. The van der Waals surface area contributed by atoms with Crippen molar-refractivity contribution in [3.8, 4) is 5.69 Å². The lowest BCUT2D eigenvalue weighted by atomic mass is 10.1. The third kappa shape index (κ3) is 4.82. The minimum atomic E-state index is -0.739. The van der Waals surface area contributed by atoms with E-state index in [1.54, 1.807) is 48.5 Å². The maximum Gasteiger partial charge on any atom is 0.359 e. The third-order valence-electron chi connectivity index (χ3n) is 5.55. The SMILES string of the molecule is O=C(COC(=O)c1nn(-c2ccccc2)c(=O)c2ccccc12)NC1CCCCCC1. The molecule has 0 spiro atoms. The van der Waals surface area contributed by atoms with Gasteiger partial charge in [-0.1, -0.05) is 62.1 Å². The van der Waals surface area contributed by atoms with Crippen molar-refractivity contribution in [1.29, 1.82) is 0 Å². The van der Waals surface area contributed by atoms with E-state index in [1.165, 1.54) is 17.5 Å². The van der Waals surface area contributed by atoms with Gasteiger partial charge in [-0.25, -0.2) is 4.79 Å². The van der Waals surface area contributed by atoms with Gasteiger partial charge < -0.3 is 10.1 Å². The van der Waals surface area contributed by atoms with E-state index < -0.39 is 5.97 Å². The molecule has 31 heavy (non-hydrogen) atoms. The fourth-order valence-electron chi connectivity index (χ4n) is 3.98. The summed E-state index contributed by atoms with van der Waals surface area (Å²) < 4.78 is 6.46. The maximum absolute atomic E-state index is 12.9. The molecule has 0 aliphatic heterocycles. The van der Waals surface area contributed by atoms with Crippen molar-refractivity contribution in [3.05, 3.63) is 70.6 Å². The first-order chi connectivity index (χ1) is 15.1. The molecule has 160 valence electrons. The number of benzene rings is 2. The normalized spacial score (nSPS) is 14.7. The lowest BCUT2D eigenvalue weighted by Crippen LogP contribution is -2.37. The Labute approximate surface area is 180 Å². The number of esters is 1. The van der Waals surface area contributed by atoms with Gasteiger partial charge in [0.25, 0.3) is 11.5 Å². The number of nitrogens with one attached hydrogen (secondary N) is 1. The smallest absolute Gasteiger partial charge is 0.359 e. The molecular weight excluding hydrogens is 394 g/mol. The molecule has 4 rings (SSSR count). The van der Waals surface area contributed by atoms with Crippen molar-refractivity contribution in [2.45, 2.75) is 44.6 Å². The van der Waals surface area contributed by atoms with Crippen LogP contribution in [0.3, 0.4) is 0 Å². The number of carbonyl (C=O) groups is 2. The average molecular weight is 419 g/mol. The molecule has 0 atom stereocenters. The van der Waals surface area contributed by atoms with E-state index in [4.69, 9.17) is 4.74 Å². The number of hydrogen-bond donors (Lipinski definition) is 1. The first-order valence-corrected chi connectivity index (χ1v) is 10.7. The number of ether oxygens (including phenoxy) is 1. The van der Waals surface area contributed by atoms with Gasteiger partial charge in [0.2, 0.25) is 0 Å². The summed E-state index contributed by atoms with van der Waals surface area (Å²) in [5, 5.41) is 7.99. The van der Waals surface area contributed by atoms with Gasteiger partial charge in [-0.05, 0) is 31.0 Å². The van der Waals surface area contributed by atoms with Gasteiger partial charge in [-0.15, -0.1) is 0 Å². The summed E-state index contributed by atoms with van der Waals surface area (Å²) in [6.07, 6.45) is 6.49. The highest BCUT2D eigenvalue weighted by molar-refractivity contribution is 6.02. The van der Waals surface area contributed by atoms with Gasteiger partial charge in [0, 0.05) is 11.4 Å². The summed E-state index contributed by atoms with van der Waals surface area (Å²) >= 11 is 0. The largest absolute Gasteiger partial charge is 0.451 e. The van der Waals surface area contributed by atoms with Crippen molar-refractivity contribution in [2.75, 3.05) is 6.61 Å². The lowest BCUT2D eigenvalue weighted by molar-refractivity contribution is -0.125. The number of amides is 1. The summed E-state index contributed by atoms with van der Waals surface area (Å²) in [6, 6.07) is 15.8. The second-order valence-corrected chi connectivity index (χ2v) is 7.78. The Balaban J connectivity index is 1.55. The molecule has 0 bridgehead atoms. The first kappa shape index (κ1) is 20.8. The summed E-state index contributed by atoms with van der Waals surface area (Å²) in [5.74, 6) is -1.06. The molecule has 1 saturated carbocycles. The number of aromatic nitrogens is 2. The van der Waals surface area contributed by atoms with Crippen LogP contribution in [0.4, 0.5) is 0 Å². The van der Waals surface area contributed by atoms with Crippen LogP contribution in [0.25, 0.3) is 16.5 Å². The molecule has 1 N–H and O–H groups in total. The summed E-state index contributed by atoms with van der Waals surface area (Å²) in [7, 11) is 0. The summed E-state index contributed by atoms with van der Waals surface area (Å²) in [6.45, 7) is -0.379. The van der Waals surface area contributed by atoms with Crippen LogP contribution in [0.15, 0.2) is 59.4 Å². The van der Waals surface area contributed by atoms with Gasteiger partial charge in [-0.3, -0.25) is 9.59 Å². The van der Waals surface area contributed by atoms with Crippen LogP contribution >= 0.6 is 0 Å². The van der Waals surface area contributed by atoms with Gasteiger partial charge in [0.1, 0.15) is 0 Å². The molecule has 3 aromatic rings. The van der Waals surface area contributed by atoms with Crippen LogP contribution in [-0.4, -0.2) is 34.3 Å². The Hall–Kier alpha value is -3.48. The molecule has 1 fully saturated rings. The second kappa shape index (κ2) is 9.55. The Kier molecular flexibility index (Phi) is 6.40. The quantitative estimate of drug-likeness (QED) is 0.506. The molecule has 1 aliphatic carbocycles. The van der Waals surface area contributed by atoms with Gasteiger partial charge in [0.05, 0.1) is 11.1 Å². The second-order valence-electron chi connectivity index (χ2n) is 7.78. The molecule has 2 aromatic carbocycles. The zero-order valence-corrected chi connectivity index (χ0v) is 17.3. The number of fused-ring (bicyclic) bond motifs is 1. The van der Waals surface area contributed by atoms with E-state index in [2.05, 4.69) is 10.4 Å². The Bertz CT molecular complexity index is 1130. The van der Waals surface area contributed by atoms with E-state index in [-0.39, 0.29) is 29.8 Å². The fraction of sp³-hybridized carbons (Fsp3) is 0.333. The Morgan fingerprint density at radius 1 is 0.935 bits per heavy atom. The number of para-hydroxylation sites is 1. The van der Waals surface area contributed by atoms with E-state index in [0.717, 1.165) is 25.7 Å². The molecule has 1 aromatic heterocycles. The highest BCUT2D eigenvalue weighted by Crippen LogP contribution is 2.18. The minimum Gasteiger partial charge on any atom is -0.451 e. The van der Waals surface area contributed by atoms with Crippen molar-refractivity contribution < 1.29 is 14.3 Å². The number of carbonyl (C=O) groups excluding carboxylic acids is 2. The van der Waals surface area contributed by atoms with E-state index >= 15 is 0 Å². The van der Waals surface area contributed by atoms with Gasteiger partial charge in [-0.2, -0.15) is 9.78 Å². The zero-order valence-electron chi connectivity index (χ0n) is 17.3. The molecule has 0 unspecified atom stereocenters. The van der Waals surface area contributed by atoms with E-state index in [0.29, 0.717) is 16.5 Å². The topological polar surface area (TPSA) is 90.3 Å². The molecule has 1 aliphatic rings. The van der Waals surface area contributed by atoms with Crippen LogP contribution in [0.5, 0.6) is 0 Å². The minimum absolute atomic E-state index is 0.00122. The highest BCUT2D eigenvalue weighted by atomic mass is 16.5. The predicted molar refractivity (Wildman–Crippen MR) is 117 cm³/mol. The van der Waals surface area contributed by atoms with E-state index in [1.807, 2.05) is 6.07 Å². The Morgan fingerprint density at radius 2 is 1.58 bits per heavy atom. The highest BCUT2D eigenvalue weighted by Gasteiger charge is 2.21. The molecular formula is C24H25N3O4. The van der Waals surface area contributed by atoms with Crippen molar-refractivity contribution >= 4 is 22.6 Å². The van der Waals surface area contributed by atoms with Gasteiger partial charge in [0.15, 0.2) is 12.3 Å². The standard InChI is InChI=1S/C24H25N3O4/c28-21(25-17-10-4-1-2-5-11-17)16-31-24(30)22-19-14-8-9-15-20(19)23(29)27(26-22)18-12-6-3-7-13-18/h3,6-9,12-15,17H,1-2,4-5,10-11,16H2,(H,25,28). The predicted octanol–water partition coefficient (Wildman–Crippen LogP) is 3.38. The van der Waals surface area contributed by atoms with Crippen molar-refractivity contribution in [1.82, 2.24) is 15.1 Å². The number of nitrogens with zero attached hydrogens (tertiary/aromatic N) is 2. The van der Waals surface area contributed by atoms with Gasteiger partial charge >= 0.3 is 5.97 Å². The molecule has 7 nitrogen and oxygen atoms in total. The van der Waals surface area contributed by atoms with Crippen molar-refractivity contribution in [3.63, 3.8) is 0 Å². The van der Waals surface area contributed by atoms with Crippen LogP contribution in [0.1, 0.15) is 49.0 Å². The number of hydrogen-bond acceptors (Lipinski definition) is 5. The molecule has 1 amide bonds. The maximum atomic E-state index is 12.9. The monoisotopic (exact) mass is 419 g/mol. The van der Waals surface area contributed by atoms with Crippen molar-refractivity contribution in [2.24, 2.45) is 0 Å². The summed E-state index contributed by atoms with van der Waals surface area (Å²) in [5.41, 5.74) is 0.212. The molecule has 1 heterocycles. The van der Waals surface area contributed by atoms with E-state index in [9.17, 15) is 14.4 Å². The van der Waals surface area contributed by atoms with Crippen LogP contribution in [0, 0.1) is 0 Å². The lowest BCUT2D eigenvalue weighted by Gasteiger charge is -2.16. The molecule has 7 heteroatoms. The van der Waals surface area contributed by atoms with Crippen LogP contribution < -0.4 is 10.9 Å².